The van der Waals surface area contributed by atoms with E-state index in [0.29, 0.717) is 75.5 Å². The third-order valence-corrected chi connectivity index (χ3v) is 28.6. The minimum absolute atomic E-state index is 0.00937. The van der Waals surface area contributed by atoms with Crippen molar-refractivity contribution < 1.29 is 105 Å². The average Bonchev–Trinajstić information content (AvgIpc) is 1.19. The highest BCUT2D eigenvalue weighted by Gasteiger charge is 2.66. The lowest BCUT2D eigenvalue weighted by Crippen LogP contribution is -2.74. The zero-order chi connectivity index (χ0) is 88.3. The molecule has 0 saturated carbocycles. The van der Waals surface area contributed by atoms with Crippen molar-refractivity contribution in [3.8, 4) is 63.5 Å². The van der Waals surface area contributed by atoms with Crippen LogP contribution in [0.1, 0.15) is 122 Å². The average molecular weight is 1760 g/mol. The molecule has 14 atom stereocenters. The van der Waals surface area contributed by atoms with Gasteiger partial charge in [-0.25, -0.2) is 19.2 Å². The fraction of sp³-hybridized carbons (Fsp3) is 0.426. The third kappa shape index (κ3) is 15.3. The van der Waals surface area contributed by atoms with Gasteiger partial charge in [0.2, 0.25) is 13.6 Å². The molecule has 7 aromatic carbocycles. The highest BCUT2D eigenvalue weighted by Crippen LogP contribution is 2.65. The number of thioether (sulfide) groups is 2. The number of aliphatic hydroxyl groups is 1. The van der Waals surface area contributed by atoms with Gasteiger partial charge >= 0.3 is 30.1 Å². The van der Waals surface area contributed by atoms with E-state index >= 15 is 0 Å². The van der Waals surface area contributed by atoms with E-state index in [1.54, 1.807) is 28.3 Å². The van der Waals surface area contributed by atoms with Gasteiger partial charge in [0.25, 0.3) is 0 Å². The fourth-order valence-corrected chi connectivity index (χ4v) is 23.5. The fourth-order valence-electron chi connectivity index (χ4n) is 20.8. The Balaban J connectivity index is 0.000000181. The van der Waals surface area contributed by atoms with E-state index in [-0.39, 0.29) is 106 Å². The Hall–Kier alpha value is -11.6. The molecule has 10 heterocycles. The summed E-state index contributed by atoms with van der Waals surface area (Å²) in [6, 6.07) is 35.9. The normalized spacial score (nSPS) is 25.3. The number of methoxy groups -OCH3 is 4. The van der Waals surface area contributed by atoms with Crippen LogP contribution in [0.25, 0.3) is 11.1 Å². The van der Waals surface area contributed by atoms with E-state index in [4.69, 9.17) is 71.1 Å². The molecular weight excluding hydrogens is 1660 g/mol. The van der Waals surface area contributed by atoms with Crippen LogP contribution < -0.4 is 43.8 Å². The second kappa shape index (κ2) is 36.1. The smallest absolute Gasteiger partial charge is 0.408 e. The van der Waals surface area contributed by atoms with Crippen LogP contribution in [0.4, 0.5) is 9.59 Å². The first-order chi connectivity index (χ1) is 61.1. The molecule has 6 bridgehead atoms. The molecule has 658 valence electrons. The zero-order valence-electron chi connectivity index (χ0n) is 71.5. The molecule has 5 fully saturated rings. The molecule has 30 nitrogen and oxygen atoms in total. The molecular formula is C94H98N8O22S2. The molecule has 126 heavy (non-hydrogen) atoms. The molecule has 32 heteroatoms. The van der Waals surface area contributed by atoms with Crippen LogP contribution in [0, 0.1) is 43.4 Å². The van der Waals surface area contributed by atoms with E-state index in [1.165, 1.54) is 59.8 Å². The summed E-state index contributed by atoms with van der Waals surface area (Å²) in [5.41, 5.74) is 11.7. The maximum Gasteiger partial charge on any atom is 0.408 e. The number of nitriles is 2. The number of piperidine rings is 1. The molecule has 19 rings (SSSR count). The van der Waals surface area contributed by atoms with Crippen LogP contribution in [0.15, 0.2) is 144 Å². The standard InChI is InChI=1S/C53H54N4O11S.C41H44N4O11S/c1-29-19-32-20-39-41(22-54)57-40(45(56(39)3)43(32)48(46(29)63-5)66-27-62-4)21-53(61)44(49-47(67-28-68-49)30(2)50(53)58)42(57)24-64-51(59)38(55-52(60)65-23-31-13-7-6-8-14-31)26-69-25-37-35-17-11-9-15-33(35)34-16-10-12-18-36(34)37;1-20-12-24-13-26-27(14-42)45-28-16-51-40(47)25(43-41(48)52-15-23-10-8-7-9-11-23)17-57-39(31-30(28)38-36(54-19-55-38)21(2)35(31)56-22(3)46)33(45)32(44(26)4)29(24)37(34(20)50-6)53-18-49-5/h6-19,37-42,45,61H,20-21,23-28H2,1-5H3,(H,55,60);7-12,25-28,32-33,39H,13,15-19H2,1-6H3,(H,43,48)/t38-,39+,40?,41+,42+,45+,53?;25-,26-,27-,28-,32+,33?,39+/m10/s1. The number of carbonyl (C=O) groups excluding carboxylic acids is 6. The van der Waals surface area contributed by atoms with Crippen molar-refractivity contribution in [2.45, 2.75) is 156 Å². The second-order valence-corrected chi connectivity index (χ2v) is 35.2. The van der Waals surface area contributed by atoms with Crippen LogP contribution in [0.5, 0.6) is 40.2 Å². The lowest BCUT2D eigenvalue weighted by Gasteiger charge is -2.62. The summed E-state index contributed by atoms with van der Waals surface area (Å²) in [5.74, 6) is 1.96. The van der Waals surface area contributed by atoms with Crippen molar-refractivity contribution in [1.82, 2.24) is 30.2 Å². The lowest BCUT2D eigenvalue weighted by atomic mass is 9.65. The summed E-state index contributed by atoms with van der Waals surface area (Å²) in [6.45, 7) is 7.63. The summed E-state index contributed by atoms with van der Waals surface area (Å²) in [6.07, 6.45) is -0.741. The van der Waals surface area contributed by atoms with E-state index in [2.05, 4.69) is 67.8 Å². The number of carbonyl (C=O) groups is 6. The maximum absolute atomic E-state index is 14.7. The number of amides is 2. The maximum atomic E-state index is 14.7. The van der Waals surface area contributed by atoms with Crippen LogP contribution >= 0.6 is 23.5 Å². The molecule has 3 N–H and O–H groups in total. The van der Waals surface area contributed by atoms with Crippen molar-refractivity contribution in [3.63, 3.8) is 0 Å². The van der Waals surface area contributed by atoms with Gasteiger partial charge in [0, 0.05) is 114 Å². The van der Waals surface area contributed by atoms with Crippen molar-refractivity contribution in [1.29, 1.82) is 10.5 Å². The molecule has 0 spiro atoms. The van der Waals surface area contributed by atoms with Gasteiger partial charge in [-0.05, 0) is 110 Å². The quantitative estimate of drug-likeness (QED) is 0.0246. The SMILES string of the molecule is COCOc1c(OC)c(C)cc2c1[C@@H]1C3CC4(O)C(=O)C(C)=C5OCOC5=C4[C@H](COC(=O)[C@@H](CSCC4c5ccccc5-c5ccccc54)NC(=O)OCc4ccccc4)N3[C@@H](C#N)[C@H](C2)N1C.COCOc1c(OC)c(C)cc2c1[C@@H]1C3[C@@H]4SC[C@H](NC(=O)OCc5ccccc5)C(=O)OC[C@@H](c5c6c(c(C)c(OC(C)=O)c54)OCO6)N3[C@@H](C#N)[C@H](C2)N1C. The molecule has 10 aliphatic heterocycles. The van der Waals surface area contributed by atoms with Gasteiger partial charge in [0.1, 0.15) is 56.3 Å². The number of nitrogens with zero attached hydrogens (tertiary/aromatic N) is 6. The number of rotatable bonds is 22. The number of piperazine rings is 2. The van der Waals surface area contributed by atoms with Crippen LogP contribution in [-0.4, -0.2) is 221 Å². The Kier molecular flexibility index (Phi) is 24.8. The number of fused-ring (bicyclic) bond motifs is 21. The van der Waals surface area contributed by atoms with E-state index in [9.17, 15) is 44.4 Å². The summed E-state index contributed by atoms with van der Waals surface area (Å²) >= 11 is 2.89. The van der Waals surface area contributed by atoms with Gasteiger partial charge in [0.05, 0.1) is 55.8 Å². The Labute approximate surface area is 737 Å². The van der Waals surface area contributed by atoms with E-state index in [0.717, 1.165) is 44.5 Å². The predicted molar refractivity (Wildman–Crippen MR) is 458 cm³/mol. The minimum Gasteiger partial charge on any atom is -0.493 e. The molecule has 12 aliphatic rings. The highest BCUT2D eigenvalue weighted by atomic mass is 32.2. The van der Waals surface area contributed by atoms with Crippen molar-refractivity contribution in [2.75, 3.05) is 100 Å². The number of alkyl carbamates (subject to hydrolysis) is 2. The van der Waals surface area contributed by atoms with Crippen LogP contribution in [0.3, 0.4) is 0 Å². The molecule has 3 unspecified atom stereocenters. The third-order valence-electron chi connectivity index (χ3n) is 26.1. The van der Waals surface area contributed by atoms with Crippen molar-refractivity contribution >= 4 is 59.4 Å². The second-order valence-electron chi connectivity index (χ2n) is 33.0. The molecule has 0 radical (unpaired) electrons. The van der Waals surface area contributed by atoms with Gasteiger partial charge < -0.3 is 86.8 Å². The van der Waals surface area contributed by atoms with Gasteiger partial charge in [-0.2, -0.15) is 22.3 Å². The Morgan fingerprint density at radius 1 is 0.643 bits per heavy atom. The molecule has 2 aliphatic carbocycles. The molecule has 2 amide bonds. The number of ether oxygens (including phenoxy) is 15. The predicted octanol–water partition coefficient (Wildman–Crippen LogP) is 11.3. The number of esters is 3. The summed E-state index contributed by atoms with van der Waals surface area (Å²) in [4.78, 5) is 91.4. The molecule has 7 aromatic rings. The van der Waals surface area contributed by atoms with Crippen molar-refractivity contribution in [3.05, 3.63) is 216 Å². The number of hydrogen-bond acceptors (Lipinski definition) is 30. The Morgan fingerprint density at radius 3 is 1.79 bits per heavy atom. The first-order valence-corrected chi connectivity index (χ1v) is 44.0. The topological polar surface area (TPSA) is 346 Å². The van der Waals surface area contributed by atoms with Gasteiger partial charge in [-0.1, -0.05) is 121 Å². The highest BCUT2D eigenvalue weighted by molar-refractivity contribution is 7.99. The van der Waals surface area contributed by atoms with E-state index < -0.39 is 114 Å². The summed E-state index contributed by atoms with van der Waals surface area (Å²) in [7, 11) is 10.2. The first-order valence-electron chi connectivity index (χ1n) is 41.8. The number of aryl methyl sites for hydroxylation is 2. The van der Waals surface area contributed by atoms with Crippen molar-refractivity contribution in [2.24, 2.45) is 0 Å². The van der Waals surface area contributed by atoms with Gasteiger partial charge in [-0.3, -0.25) is 29.2 Å². The first kappa shape index (κ1) is 86.6. The Bertz CT molecular complexity index is 5580. The van der Waals surface area contributed by atoms with E-state index in [1.807, 2.05) is 131 Å². The number of likely N-dealkylation sites (N-methyl/N-ethyl adjacent to an activating group) is 2. The number of ketones is 1. The summed E-state index contributed by atoms with van der Waals surface area (Å²) < 4.78 is 89.1. The van der Waals surface area contributed by atoms with Crippen LogP contribution in [0.2, 0.25) is 0 Å². The minimum atomic E-state index is -2.15. The number of nitrogens with one attached hydrogen (secondary N) is 2. The van der Waals surface area contributed by atoms with Gasteiger partial charge in [0.15, 0.2) is 71.0 Å². The Morgan fingerprint density at radius 2 is 1.20 bits per heavy atom. The van der Waals surface area contributed by atoms with Crippen LogP contribution in [-0.2, 0) is 83.1 Å². The monoisotopic (exact) mass is 1750 g/mol. The molecule has 5 saturated heterocycles. The summed E-state index contributed by atoms with van der Waals surface area (Å²) in [5, 5.41) is 40.3. The number of Topliss-reactive ketones (excluding diaryl/α,β-unsaturated/α-hetero) is 1. The number of hydrogen-bond donors (Lipinski definition) is 3. The molecule has 0 aromatic heterocycles. The number of benzene rings is 7. The van der Waals surface area contributed by atoms with Gasteiger partial charge in [-0.15, -0.1) is 11.8 Å². The lowest BCUT2D eigenvalue weighted by molar-refractivity contribution is -0.159. The largest absolute Gasteiger partial charge is 0.493 e. The zero-order valence-corrected chi connectivity index (χ0v) is 73.2.